The third kappa shape index (κ3) is 4.16. The van der Waals surface area contributed by atoms with Gasteiger partial charge in [0.1, 0.15) is 18.0 Å². The van der Waals surface area contributed by atoms with Crippen molar-refractivity contribution in [3.05, 3.63) is 12.4 Å². The Morgan fingerprint density at radius 3 is 2.12 bits per heavy atom. The van der Waals surface area contributed by atoms with Gasteiger partial charge in [-0.15, -0.1) is 0 Å². The van der Waals surface area contributed by atoms with Gasteiger partial charge in [0.15, 0.2) is 0 Å². The number of hydrogen-bond acceptors (Lipinski definition) is 5. The average molecular weight is 331 g/mol. The Morgan fingerprint density at radius 1 is 0.958 bits per heavy atom. The minimum Gasteiger partial charge on any atom is -0.356 e. The quantitative estimate of drug-likeness (QED) is 0.846. The summed E-state index contributed by atoms with van der Waals surface area (Å²) in [6, 6.07) is 2.11. The number of aromatic nitrogens is 2. The molecule has 0 bridgehead atoms. The van der Waals surface area contributed by atoms with Crippen LogP contribution in [0.15, 0.2) is 12.4 Å². The number of amides is 1. The molecule has 3 heterocycles. The van der Waals surface area contributed by atoms with E-state index >= 15 is 0 Å². The molecule has 1 aromatic heterocycles. The van der Waals surface area contributed by atoms with Gasteiger partial charge in [0.25, 0.3) is 0 Å². The third-order valence-electron chi connectivity index (χ3n) is 4.86. The van der Waals surface area contributed by atoms with Crippen LogP contribution in [0.4, 0.5) is 11.6 Å². The average Bonchev–Trinajstić information content (AvgIpc) is 2.62. The molecule has 2 aliphatic heterocycles. The highest BCUT2D eigenvalue weighted by Crippen LogP contribution is 2.22. The molecule has 0 spiro atoms. The van der Waals surface area contributed by atoms with Crippen molar-refractivity contribution >= 4 is 17.5 Å². The molecule has 24 heavy (non-hydrogen) atoms. The van der Waals surface area contributed by atoms with E-state index in [2.05, 4.69) is 39.7 Å². The van der Waals surface area contributed by atoms with Crippen LogP contribution in [0.5, 0.6) is 0 Å². The van der Waals surface area contributed by atoms with Crippen LogP contribution in [0.25, 0.3) is 0 Å². The van der Waals surface area contributed by atoms with Gasteiger partial charge in [0, 0.05) is 51.8 Å². The zero-order valence-electron chi connectivity index (χ0n) is 14.9. The summed E-state index contributed by atoms with van der Waals surface area (Å²) in [5, 5.41) is 0. The van der Waals surface area contributed by atoms with Crippen LogP contribution in [0.3, 0.4) is 0 Å². The van der Waals surface area contributed by atoms with Gasteiger partial charge in [-0.1, -0.05) is 13.8 Å². The largest absolute Gasteiger partial charge is 0.356 e. The van der Waals surface area contributed by atoms with E-state index < -0.39 is 0 Å². The van der Waals surface area contributed by atoms with Gasteiger partial charge >= 0.3 is 0 Å². The summed E-state index contributed by atoms with van der Waals surface area (Å²) in [5.74, 6) is 2.73. The second kappa shape index (κ2) is 7.81. The number of carbonyl (C=O) groups excluding carboxylic acids is 1. The summed E-state index contributed by atoms with van der Waals surface area (Å²) in [5.41, 5.74) is 0. The fourth-order valence-corrected chi connectivity index (χ4v) is 3.47. The molecule has 0 atom stereocenters. The van der Waals surface area contributed by atoms with Gasteiger partial charge in [-0.05, 0) is 25.2 Å². The molecule has 0 radical (unpaired) electrons. The second-order valence-corrected chi connectivity index (χ2v) is 7.25. The lowest BCUT2D eigenvalue weighted by Gasteiger charge is -2.36. The van der Waals surface area contributed by atoms with Crippen molar-refractivity contribution in [2.45, 2.75) is 39.5 Å². The first-order valence-corrected chi connectivity index (χ1v) is 9.23. The smallest absolute Gasteiger partial charge is 0.222 e. The summed E-state index contributed by atoms with van der Waals surface area (Å²) in [6.07, 6.45) is 6.13. The Kier molecular flexibility index (Phi) is 5.53. The molecule has 1 aromatic rings. The highest BCUT2D eigenvalue weighted by molar-refractivity contribution is 5.76. The highest BCUT2D eigenvalue weighted by Gasteiger charge is 2.23. The van der Waals surface area contributed by atoms with Gasteiger partial charge in [0.05, 0.1) is 0 Å². The lowest BCUT2D eigenvalue weighted by Crippen LogP contribution is -2.49. The molecule has 1 amide bonds. The fraction of sp³-hybridized carbons (Fsp3) is 0.722. The molecule has 3 rings (SSSR count). The molecule has 132 valence electrons. The van der Waals surface area contributed by atoms with Gasteiger partial charge in [-0.3, -0.25) is 4.79 Å². The molecule has 0 saturated carbocycles. The first-order valence-electron chi connectivity index (χ1n) is 9.23. The SMILES string of the molecule is CC(C)CC(=O)N1CCN(c2cc(N3CCCCC3)ncn2)CC1. The zero-order chi connectivity index (χ0) is 16.9. The summed E-state index contributed by atoms with van der Waals surface area (Å²) >= 11 is 0. The molecule has 0 aliphatic carbocycles. The van der Waals surface area contributed by atoms with Crippen molar-refractivity contribution in [3.8, 4) is 0 Å². The predicted octanol–water partition coefficient (Wildman–Crippen LogP) is 2.16. The van der Waals surface area contributed by atoms with Crippen molar-refractivity contribution in [2.75, 3.05) is 49.1 Å². The Morgan fingerprint density at radius 2 is 1.54 bits per heavy atom. The number of carbonyl (C=O) groups is 1. The van der Waals surface area contributed by atoms with Gasteiger partial charge < -0.3 is 14.7 Å². The van der Waals surface area contributed by atoms with Crippen LogP contribution in [-0.2, 0) is 4.79 Å². The summed E-state index contributed by atoms with van der Waals surface area (Å²) in [6.45, 7) is 9.64. The first kappa shape index (κ1) is 17.0. The van der Waals surface area contributed by atoms with Crippen LogP contribution in [0.1, 0.15) is 39.5 Å². The van der Waals surface area contributed by atoms with E-state index in [0.717, 1.165) is 50.9 Å². The number of hydrogen-bond donors (Lipinski definition) is 0. The third-order valence-corrected chi connectivity index (χ3v) is 4.86. The zero-order valence-corrected chi connectivity index (χ0v) is 14.9. The minimum absolute atomic E-state index is 0.279. The van der Waals surface area contributed by atoms with E-state index in [4.69, 9.17) is 0 Å². The molecule has 0 unspecified atom stereocenters. The molecular formula is C18H29N5O. The number of anilines is 2. The molecule has 2 saturated heterocycles. The predicted molar refractivity (Wildman–Crippen MR) is 96.3 cm³/mol. The standard InChI is InChI=1S/C18H29N5O/c1-15(2)12-18(24)23-10-8-22(9-11-23)17-13-16(19-14-20-17)21-6-4-3-5-7-21/h13-15H,3-12H2,1-2H3. The summed E-state index contributed by atoms with van der Waals surface area (Å²) in [7, 11) is 0. The van der Waals surface area contributed by atoms with Crippen LogP contribution in [-0.4, -0.2) is 60.0 Å². The molecule has 6 heteroatoms. The normalized spacial score (nSPS) is 19.0. The topological polar surface area (TPSA) is 52.6 Å². The van der Waals surface area contributed by atoms with Crippen LogP contribution in [0.2, 0.25) is 0 Å². The van der Waals surface area contributed by atoms with Gasteiger partial charge in [0.2, 0.25) is 5.91 Å². The van der Waals surface area contributed by atoms with Crippen LogP contribution < -0.4 is 9.80 Å². The molecule has 0 aromatic carbocycles. The molecule has 0 N–H and O–H groups in total. The number of piperazine rings is 1. The second-order valence-electron chi connectivity index (χ2n) is 7.25. The van der Waals surface area contributed by atoms with E-state index in [1.54, 1.807) is 6.33 Å². The molecule has 2 fully saturated rings. The maximum atomic E-state index is 12.2. The Labute approximate surface area is 144 Å². The summed E-state index contributed by atoms with van der Waals surface area (Å²) in [4.78, 5) is 27.7. The maximum absolute atomic E-state index is 12.2. The van der Waals surface area contributed by atoms with Crippen LogP contribution >= 0.6 is 0 Å². The van der Waals surface area contributed by atoms with E-state index in [0.29, 0.717) is 12.3 Å². The first-order chi connectivity index (χ1) is 11.6. The minimum atomic E-state index is 0.279. The molecule has 2 aliphatic rings. The van der Waals surface area contributed by atoms with Crippen molar-refractivity contribution in [2.24, 2.45) is 5.92 Å². The van der Waals surface area contributed by atoms with Crippen molar-refractivity contribution in [3.63, 3.8) is 0 Å². The highest BCUT2D eigenvalue weighted by atomic mass is 16.2. The number of nitrogens with zero attached hydrogens (tertiary/aromatic N) is 5. The maximum Gasteiger partial charge on any atom is 0.222 e. The molecular weight excluding hydrogens is 302 g/mol. The van der Waals surface area contributed by atoms with E-state index in [9.17, 15) is 4.79 Å². The number of rotatable bonds is 4. The van der Waals surface area contributed by atoms with E-state index in [-0.39, 0.29) is 5.91 Å². The van der Waals surface area contributed by atoms with Crippen molar-refractivity contribution in [1.82, 2.24) is 14.9 Å². The van der Waals surface area contributed by atoms with Crippen molar-refractivity contribution in [1.29, 1.82) is 0 Å². The van der Waals surface area contributed by atoms with Gasteiger partial charge in [-0.25, -0.2) is 9.97 Å². The van der Waals surface area contributed by atoms with Crippen molar-refractivity contribution < 1.29 is 4.79 Å². The lowest BCUT2D eigenvalue weighted by atomic mass is 10.1. The van der Waals surface area contributed by atoms with E-state index in [1.807, 2.05) is 4.90 Å². The Balaban J connectivity index is 1.59. The van der Waals surface area contributed by atoms with Crippen LogP contribution in [0, 0.1) is 5.92 Å². The monoisotopic (exact) mass is 331 g/mol. The lowest BCUT2D eigenvalue weighted by molar-refractivity contribution is -0.132. The Hall–Kier alpha value is -1.85. The van der Waals surface area contributed by atoms with E-state index in [1.165, 1.54) is 19.3 Å². The Bertz CT molecular complexity index is 548. The molecule has 6 nitrogen and oxygen atoms in total. The fourth-order valence-electron chi connectivity index (χ4n) is 3.47. The summed E-state index contributed by atoms with van der Waals surface area (Å²) < 4.78 is 0. The van der Waals surface area contributed by atoms with Gasteiger partial charge in [-0.2, -0.15) is 0 Å². The number of piperidine rings is 1.